The van der Waals surface area contributed by atoms with Crippen molar-refractivity contribution in [1.29, 1.82) is 0 Å². The second-order valence-corrected chi connectivity index (χ2v) is 5.71. The fraction of sp³-hybridized carbons (Fsp3) is 0.176. The Morgan fingerprint density at radius 2 is 1.80 bits per heavy atom. The minimum atomic E-state index is -6.00. The number of halogens is 4. The van der Waals surface area contributed by atoms with Gasteiger partial charge in [-0.05, 0) is 41.0 Å². The second-order valence-electron chi connectivity index (χ2n) is 5.71. The lowest BCUT2D eigenvalue weighted by Gasteiger charge is -1.98. The maximum atomic E-state index is 9.75. The van der Waals surface area contributed by atoms with Crippen molar-refractivity contribution in [3.63, 3.8) is 0 Å². The summed E-state index contributed by atoms with van der Waals surface area (Å²) in [5.41, 5.74) is 5.86. The highest BCUT2D eigenvalue weighted by molar-refractivity contribution is 6.50. The van der Waals surface area contributed by atoms with Crippen LogP contribution < -0.4 is 4.57 Å². The molecule has 0 spiro atoms. The van der Waals surface area contributed by atoms with Crippen LogP contribution in [0.25, 0.3) is 17.3 Å². The lowest BCUT2D eigenvalue weighted by Crippen LogP contribution is -2.25. The van der Waals surface area contributed by atoms with Crippen LogP contribution in [0.4, 0.5) is 17.3 Å². The van der Waals surface area contributed by atoms with E-state index in [0.717, 1.165) is 24.2 Å². The zero-order chi connectivity index (χ0) is 18.0. The van der Waals surface area contributed by atoms with Crippen molar-refractivity contribution < 1.29 is 26.4 Å². The molecule has 2 heterocycles. The summed E-state index contributed by atoms with van der Waals surface area (Å²) in [5.74, 6) is 0.886. The summed E-state index contributed by atoms with van der Waals surface area (Å²) in [5, 5.41) is 0. The van der Waals surface area contributed by atoms with E-state index in [9.17, 15) is 17.3 Å². The Hall–Kier alpha value is -2.64. The van der Waals surface area contributed by atoms with Crippen LogP contribution in [0.3, 0.4) is 0 Å². The smallest absolute Gasteiger partial charge is 0.418 e. The number of aryl methyl sites for hydroxylation is 2. The molecule has 1 aromatic carbocycles. The summed E-state index contributed by atoms with van der Waals surface area (Å²) in [6.45, 7) is 1.95. The van der Waals surface area contributed by atoms with Crippen LogP contribution in [0.1, 0.15) is 29.0 Å². The van der Waals surface area contributed by atoms with Crippen LogP contribution in [0.5, 0.6) is 0 Å². The summed E-state index contributed by atoms with van der Waals surface area (Å²) in [7, 11) is -6.00. The third kappa shape index (κ3) is 4.26. The zero-order valence-electron chi connectivity index (χ0n) is 13.4. The van der Waals surface area contributed by atoms with Crippen LogP contribution in [0.2, 0.25) is 0 Å². The SMILES string of the molecule is Cc1cc2ncc3c([n+]2o1)/C(=C/c1ccccc1)CC3.F[B-](F)(F)F. The number of nitrogens with zero attached hydrogens (tertiary/aromatic N) is 2. The molecule has 0 saturated carbocycles. The van der Waals surface area contributed by atoms with Crippen molar-refractivity contribution in [3.8, 4) is 0 Å². The Labute approximate surface area is 141 Å². The number of hydrogen-bond acceptors (Lipinski definition) is 2. The predicted octanol–water partition coefficient (Wildman–Crippen LogP) is 4.51. The van der Waals surface area contributed by atoms with Crippen LogP contribution in [-0.2, 0) is 6.42 Å². The molecule has 3 nitrogen and oxygen atoms in total. The van der Waals surface area contributed by atoms with E-state index in [1.807, 2.05) is 29.8 Å². The molecule has 0 radical (unpaired) electrons. The van der Waals surface area contributed by atoms with Gasteiger partial charge in [-0.1, -0.05) is 30.3 Å². The Morgan fingerprint density at radius 1 is 1.12 bits per heavy atom. The largest absolute Gasteiger partial charge is 0.673 e. The lowest BCUT2D eigenvalue weighted by atomic mass is 10.1. The fourth-order valence-corrected chi connectivity index (χ4v) is 2.84. The van der Waals surface area contributed by atoms with E-state index in [1.54, 1.807) is 0 Å². The van der Waals surface area contributed by atoms with Gasteiger partial charge in [0.25, 0.3) is 0 Å². The van der Waals surface area contributed by atoms with Crippen LogP contribution >= 0.6 is 0 Å². The van der Waals surface area contributed by atoms with Gasteiger partial charge in [-0.3, -0.25) is 0 Å². The van der Waals surface area contributed by atoms with Gasteiger partial charge in [0.1, 0.15) is 6.20 Å². The molecule has 0 saturated heterocycles. The number of hydrogen-bond donors (Lipinski definition) is 0. The number of allylic oxidation sites excluding steroid dienone is 1. The molecule has 1 aliphatic rings. The summed E-state index contributed by atoms with van der Waals surface area (Å²) >= 11 is 0. The van der Waals surface area contributed by atoms with Crippen molar-refractivity contribution in [2.24, 2.45) is 0 Å². The summed E-state index contributed by atoms with van der Waals surface area (Å²) in [6.07, 6.45) is 6.29. The number of fused-ring (bicyclic) bond motifs is 3. The van der Waals surface area contributed by atoms with Gasteiger partial charge < -0.3 is 21.8 Å². The molecule has 25 heavy (non-hydrogen) atoms. The molecule has 1 aliphatic carbocycles. The van der Waals surface area contributed by atoms with Crippen molar-refractivity contribution in [1.82, 2.24) is 4.98 Å². The van der Waals surface area contributed by atoms with E-state index in [4.69, 9.17) is 4.52 Å². The summed E-state index contributed by atoms with van der Waals surface area (Å²) in [4.78, 5) is 4.46. The first kappa shape index (κ1) is 17.2. The van der Waals surface area contributed by atoms with E-state index in [1.165, 1.54) is 22.4 Å². The highest BCUT2D eigenvalue weighted by Gasteiger charge is 2.28. The van der Waals surface area contributed by atoms with Crippen molar-refractivity contribution >= 4 is 24.6 Å². The van der Waals surface area contributed by atoms with E-state index in [2.05, 4.69) is 35.3 Å². The molecular weight excluding hydrogens is 335 g/mol. The minimum Gasteiger partial charge on any atom is -0.418 e. The topological polar surface area (TPSA) is 30.1 Å². The Balaban J connectivity index is 0.000000324. The molecule has 3 aromatic rings. The van der Waals surface area contributed by atoms with Crippen LogP contribution in [0.15, 0.2) is 47.1 Å². The maximum absolute atomic E-state index is 9.75. The number of benzene rings is 1. The standard InChI is InChI=1S/C17H15N2O.BF4/c1-12-9-16-18-11-15-8-7-14(17(15)19(16)20-12)10-13-5-3-2-4-6-13;2-1(3,4)5/h2-6,9-11H,7-8H2,1H3;/q+1;-1/b14-10+;. The molecule has 0 fully saturated rings. The van der Waals surface area contributed by atoms with Gasteiger partial charge in [0.2, 0.25) is 0 Å². The van der Waals surface area contributed by atoms with Gasteiger partial charge >= 0.3 is 12.9 Å². The van der Waals surface area contributed by atoms with Gasteiger partial charge in [-0.15, -0.1) is 0 Å². The van der Waals surface area contributed by atoms with E-state index >= 15 is 0 Å². The first-order valence-corrected chi connectivity index (χ1v) is 7.75. The van der Waals surface area contributed by atoms with E-state index in [0.29, 0.717) is 0 Å². The lowest BCUT2D eigenvalue weighted by molar-refractivity contribution is -0.721. The second kappa shape index (κ2) is 6.70. The molecule has 0 amide bonds. The van der Waals surface area contributed by atoms with Crippen molar-refractivity contribution in [3.05, 3.63) is 65.2 Å². The molecule has 2 aromatic heterocycles. The van der Waals surface area contributed by atoms with Crippen molar-refractivity contribution in [2.45, 2.75) is 19.8 Å². The molecule has 8 heteroatoms. The molecule has 0 aliphatic heterocycles. The molecule has 130 valence electrons. The first-order valence-electron chi connectivity index (χ1n) is 7.75. The highest BCUT2D eigenvalue weighted by Crippen LogP contribution is 2.31. The average Bonchev–Trinajstić information content (AvgIpc) is 3.09. The average molecular weight is 350 g/mol. The Morgan fingerprint density at radius 3 is 2.48 bits per heavy atom. The van der Waals surface area contributed by atoms with Crippen LogP contribution in [0, 0.1) is 6.92 Å². The normalized spacial score (nSPS) is 15.2. The summed E-state index contributed by atoms with van der Waals surface area (Å²) in [6, 6.07) is 12.4. The van der Waals surface area contributed by atoms with Gasteiger partial charge in [0.15, 0.2) is 11.5 Å². The maximum Gasteiger partial charge on any atom is 0.673 e. The quantitative estimate of drug-likeness (QED) is 0.367. The molecule has 0 atom stereocenters. The molecule has 0 bridgehead atoms. The number of aromatic nitrogens is 2. The summed E-state index contributed by atoms with van der Waals surface area (Å²) < 4.78 is 46.7. The molecule has 0 N–H and O–H groups in total. The minimum absolute atomic E-state index is 0.877. The zero-order valence-corrected chi connectivity index (χ0v) is 13.4. The van der Waals surface area contributed by atoms with Gasteiger partial charge in [0.05, 0.1) is 6.07 Å². The Kier molecular flexibility index (Phi) is 4.61. The molecule has 0 unspecified atom stereocenters. The highest BCUT2D eigenvalue weighted by atomic mass is 19.5. The first-order chi connectivity index (χ1) is 11.8. The fourth-order valence-electron chi connectivity index (χ4n) is 2.84. The Bertz CT molecular complexity index is 914. The van der Waals surface area contributed by atoms with Gasteiger partial charge in [-0.2, -0.15) is 0 Å². The predicted molar refractivity (Wildman–Crippen MR) is 87.2 cm³/mol. The number of rotatable bonds is 1. The van der Waals surface area contributed by atoms with E-state index < -0.39 is 7.25 Å². The molecular formula is C17H15BF4N2O. The van der Waals surface area contributed by atoms with Gasteiger partial charge in [0, 0.05) is 11.1 Å². The van der Waals surface area contributed by atoms with Gasteiger partial charge in [-0.25, -0.2) is 0 Å². The molecule has 4 rings (SSSR count). The van der Waals surface area contributed by atoms with E-state index in [-0.39, 0.29) is 0 Å². The van der Waals surface area contributed by atoms with Crippen molar-refractivity contribution in [2.75, 3.05) is 0 Å². The monoisotopic (exact) mass is 350 g/mol. The third-order valence-electron chi connectivity index (χ3n) is 3.74. The van der Waals surface area contributed by atoms with Crippen LogP contribution in [-0.4, -0.2) is 12.2 Å². The third-order valence-corrected chi connectivity index (χ3v) is 3.74.